The molecular formula is C71H49N3. The maximum absolute atomic E-state index is 5.15. The number of rotatable bonds is 11. The molecule has 0 fully saturated rings. The van der Waals surface area contributed by atoms with Gasteiger partial charge in [-0.25, -0.2) is 4.68 Å². The molecule has 13 aromatic rings. The summed E-state index contributed by atoms with van der Waals surface area (Å²) in [4.78, 5) is 2.36. The Morgan fingerprint density at radius 1 is 0.257 bits per heavy atom. The second-order valence-corrected chi connectivity index (χ2v) is 18.7. The molecule has 0 bridgehead atoms. The molecule has 74 heavy (non-hydrogen) atoms. The third kappa shape index (κ3) is 8.42. The highest BCUT2D eigenvalue weighted by Crippen LogP contribution is 2.42. The zero-order valence-electron chi connectivity index (χ0n) is 40.6. The number of anilines is 3. The Morgan fingerprint density at radius 3 is 1.08 bits per heavy atom. The maximum atomic E-state index is 5.15. The monoisotopic (exact) mass is 943 g/mol. The molecule has 12 aromatic carbocycles. The van der Waals surface area contributed by atoms with E-state index in [2.05, 4.69) is 301 Å². The van der Waals surface area contributed by atoms with E-state index in [4.69, 9.17) is 5.10 Å². The molecule has 1 heterocycles. The molecule has 0 saturated heterocycles. The highest BCUT2D eigenvalue weighted by Gasteiger charge is 2.18. The molecule has 0 spiro atoms. The van der Waals surface area contributed by atoms with Crippen LogP contribution in [0.1, 0.15) is 0 Å². The first-order valence-electron chi connectivity index (χ1n) is 25.3. The van der Waals surface area contributed by atoms with Gasteiger partial charge in [-0.1, -0.05) is 243 Å². The molecule has 0 aliphatic carbocycles. The first kappa shape index (κ1) is 44.1. The van der Waals surface area contributed by atoms with E-state index >= 15 is 0 Å². The highest BCUT2D eigenvalue weighted by molar-refractivity contribution is 5.99. The smallest absolute Gasteiger partial charge is 0.0934 e. The SMILES string of the molecule is c1ccc(-c2cc(-c3ccccc3)n(-c3ccc(-c4ccccc4-c4ccccc4-c4ccc(N(c5ccc(-c6cccc7ccccc67)cc5)c5ccc(-c6cccc7ccccc67)cc5)cc4)cc3)n2)cc1. The van der Waals surface area contributed by atoms with E-state index in [0.717, 1.165) is 56.4 Å². The van der Waals surface area contributed by atoms with Crippen molar-refractivity contribution in [1.29, 1.82) is 0 Å². The van der Waals surface area contributed by atoms with E-state index in [-0.39, 0.29) is 0 Å². The highest BCUT2D eigenvalue weighted by atomic mass is 15.3. The van der Waals surface area contributed by atoms with Gasteiger partial charge in [-0.2, -0.15) is 5.10 Å². The molecule has 0 N–H and O–H groups in total. The lowest BCUT2D eigenvalue weighted by Gasteiger charge is -2.26. The number of fused-ring (bicyclic) bond motifs is 2. The van der Waals surface area contributed by atoms with Crippen molar-refractivity contribution in [3.05, 3.63) is 297 Å². The third-order valence-electron chi connectivity index (χ3n) is 14.3. The van der Waals surface area contributed by atoms with Crippen LogP contribution in [-0.4, -0.2) is 9.78 Å². The fourth-order valence-electron chi connectivity index (χ4n) is 10.6. The molecule has 0 aliphatic heterocycles. The fraction of sp³-hybridized carbons (Fsp3) is 0. The van der Waals surface area contributed by atoms with Crippen LogP contribution < -0.4 is 4.90 Å². The lowest BCUT2D eigenvalue weighted by atomic mass is 9.89. The number of aromatic nitrogens is 2. The Morgan fingerprint density at radius 2 is 0.608 bits per heavy atom. The molecule has 0 unspecified atom stereocenters. The summed E-state index contributed by atoms with van der Waals surface area (Å²) in [6.07, 6.45) is 0. The molecule has 0 atom stereocenters. The molecule has 3 nitrogen and oxygen atoms in total. The van der Waals surface area contributed by atoms with Crippen LogP contribution in [0.15, 0.2) is 297 Å². The Kier molecular flexibility index (Phi) is 11.6. The predicted molar refractivity (Wildman–Crippen MR) is 311 cm³/mol. The van der Waals surface area contributed by atoms with Crippen molar-refractivity contribution in [2.45, 2.75) is 0 Å². The molecule has 0 amide bonds. The molecule has 3 heteroatoms. The zero-order chi connectivity index (χ0) is 49.2. The van der Waals surface area contributed by atoms with Crippen LogP contribution in [-0.2, 0) is 0 Å². The molecule has 1 aromatic heterocycles. The summed E-state index contributed by atoms with van der Waals surface area (Å²) in [6.45, 7) is 0. The van der Waals surface area contributed by atoms with Gasteiger partial charge in [-0.15, -0.1) is 0 Å². The van der Waals surface area contributed by atoms with E-state index < -0.39 is 0 Å². The van der Waals surface area contributed by atoms with Gasteiger partial charge < -0.3 is 4.90 Å². The molecule has 0 aliphatic rings. The lowest BCUT2D eigenvalue weighted by Crippen LogP contribution is -2.09. The van der Waals surface area contributed by atoms with Gasteiger partial charge in [0.1, 0.15) is 0 Å². The molecule has 348 valence electrons. The Hall–Kier alpha value is -9.83. The second-order valence-electron chi connectivity index (χ2n) is 18.7. The zero-order valence-corrected chi connectivity index (χ0v) is 40.6. The number of hydrogen-bond acceptors (Lipinski definition) is 2. The average Bonchev–Trinajstić information content (AvgIpc) is 3.94. The molecule has 0 saturated carbocycles. The summed E-state index contributed by atoms with van der Waals surface area (Å²) in [5.41, 5.74) is 20.2. The van der Waals surface area contributed by atoms with Crippen LogP contribution >= 0.6 is 0 Å². The van der Waals surface area contributed by atoms with E-state index in [1.807, 2.05) is 6.07 Å². The van der Waals surface area contributed by atoms with Crippen LogP contribution in [0.3, 0.4) is 0 Å². The van der Waals surface area contributed by atoms with Crippen molar-refractivity contribution in [2.24, 2.45) is 0 Å². The van der Waals surface area contributed by atoms with E-state index in [9.17, 15) is 0 Å². The first-order chi connectivity index (χ1) is 36.7. The molecular weight excluding hydrogens is 895 g/mol. The average molecular weight is 944 g/mol. The van der Waals surface area contributed by atoms with Gasteiger partial charge in [-0.3, -0.25) is 0 Å². The van der Waals surface area contributed by atoms with E-state index in [1.54, 1.807) is 0 Å². The topological polar surface area (TPSA) is 21.1 Å². The van der Waals surface area contributed by atoms with Gasteiger partial charge in [0.15, 0.2) is 0 Å². The summed E-state index contributed by atoms with van der Waals surface area (Å²) >= 11 is 0. The standard InChI is InChI=1S/C71H49N3/c1-3-19-56(20-4-1)70-49-71(57-21-5-2-6-22-57)74(72-70)61-47-39-55(40-48-61)67-28-12-14-30-69(67)68-29-13-11-27-66(68)54-37-45-60(46-38-54)73(58-41-33-52(34-42-58)64-31-15-23-50-17-7-9-25-62(50)64)59-43-35-53(36-44-59)65-32-16-24-51-18-8-10-26-63(51)65/h1-49H. The van der Waals surface area contributed by atoms with Gasteiger partial charge in [-0.05, 0) is 132 Å². The molecule has 13 rings (SSSR count). The van der Waals surface area contributed by atoms with Gasteiger partial charge in [0.05, 0.1) is 17.1 Å². The maximum Gasteiger partial charge on any atom is 0.0934 e. The summed E-state index contributed by atoms with van der Waals surface area (Å²) in [5, 5.41) is 10.1. The number of hydrogen-bond donors (Lipinski definition) is 0. The van der Waals surface area contributed by atoms with Gasteiger partial charge in [0, 0.05) is 28.2 Å². The minimum atomic E-state index is 0.939. The predicted octanol–water partition coefficient (Wildman–Crippen LogP) is 19.3. The summed E-state index contributed by atoms with van der Waals surface area (Å²) in [7, 11) is 0. The van der Waals surface area contributed by atoms with Gasteiger partial charge in [0.2, 0.25) is 0 Å². The lowest BCUT2D eigenvalue weighted by molar-refractivity contribution is 0.892. The first-order valence-corrected chi connectivity index (χ1v) is 25.3. The van der Waals surface area contributed by atoms with Crippen LogP contribution in [0.25, 0.3) is 105 Å². The largest absolute Gasteiger partial charge is 0.311 e. The quantitative estimate of drug-likeness (QED) is 0.129. The van der Waals surface area contributed by atoms with E-state index in [1.165, 1.54) is 66.1 Å². The number of benzene rings is 12. The van der Waals surface area contributed by atoms with Gasteiger partial charge >= 0.3 is 0 Å². The fourth-order valence-corrected chi connectivity index (χ4v) is 10.6. The number of nitrogens with zero attached hydrogens (tertiary/aromatic N) is 3. The van der Waals surface area contributed by atoms with Crippen molar-refractivity contribution in [1.82, 2.24) is 9.78 Å². The Labute approximate surface area is 432 Å². The van der Waals surface area contributed by atoms with Crippen molar-refractivity contribution in [2.75, 3.05) is 4.90 Å². The summed E-state index contributed by atoms with van der Waals surface area (Å²) in [6, 6.07) is 107. The Bertz CT molecular complexity index is 3950. The van der Waals surface area contributed by atoms with Crippen LogP contribution in [0.4, 0.5) is 17.1 Å². The van der Waals surface area contributed by atoms with Crippen molar-refractivity contribution in [3.8, 4) is 83.8 Å². The second kappa shape index (κ2) is 19.4. The van der Waals surface area contributed by atoms with Crippen LogP contribution in [0.5, 0.6) is 0 Å². The van der Waals surface area contributed by atoms with Crippen LogP contribution in [0, 0.1) is 0 Å². The Balaban J connectivity index is 0.845. The van der Waals surface area contributed by atoms with E-state index in [0.29, 0.717) is 0 Å². The summed E-state index contributed by atoms with van der Waals surface area (Å²) < 4.78 is 2.07. The minimum absolute atomic E-state index is 0.939. The van der Waals surface area contributed by atoms with Crippen LogP contribution in [0.2, 0.25) is 0 Å². The minimum Gasteiger partial charge on any atom is -0.311 e. The third-order valence-corrected chi connectivity index (χ3v) is 14.3. The summed E-state index contributed by atoms with van der Waals surface area (Å²) in [5.74, 6) is 0. The van der Waals surface area contributed by atoms with Crippen molar-refractivity contribution >= 4 is 38.6 Å². The van der Waals surface area contributed by atoms with Gasteiger partial charge in [0.25, 0.3) is 0 Å². The normalized spacial score (nSPS) is 11.2. The van der Waals surface area contributed by atoms with Crippen molar-refractivity contribution < 1.29 is 0 Å². The van der Waals surface area contributed by atoms with Crippen molar-refractivity contribution in [3.63, 3.8) is 0 Å². The molecule has 0 radical (unpaired) electrons.